The van der Waals surface area contributed by atoms with Crippen LogP contribution in [-0.2, 0) is 14.4 Å². The molecule has 3 aromatic rings. The highest BCUT2D eigenvalue weighted by atomic mass is 16.4. The Hall–Kier alpha value is -5.56. The van der Waals surface area contributed by atoms with E-state index in [0.717, 1.165) is 22.8 Å². The molecule has 41 heavy (non-hydrogen) atoms. The van der Waals surface area contributed by atoms with Gasteiger partial charge in [0.05, 0.1) is 28.6 Å². The number of ketones is 1. The maximum atomic E-state index is 13.0. The lowest BCUT2D eigenvalue weighted by atomic mass is 9.93. The zero-order chi connectivity index (χ0) is 30.4. The molecular formula is C31H28N4O6. The van der Waals surface area contributed by atoms with Gasteiger partial charge in [0.1, 0.15) is 17.2 Å². The van der Waals surface area contributed by atoms with Crippen molar-refractivity contribution in [3.8, 4) is 22.9 Å². The van der Waals surface area contributed by atoms with Gasteiger partial charge in [0.25, 0.3) is 5.91 Å². The average Bonchev–Trinajstić information content (AvgIpc) is 2.88. The molecule has 0 radical (unpaired) electrons. The molecular weight excluding hydrogens is 524 g/mol. The summed E-state index contributed by atoms with van der Waals surface area (Å²) in [6.07, 6.45) is 2.22. The molecule has 0 unspecified atom stereocenters. The number of aromatic hydroxyl groups is 1. The Kier molecular flexibility index (Phi) is 9.16. The Balaban J connectivity index is 2.05. The van der Waals surface area contributed by atoms with Crippen LogP contribution in [0, 0.1) is 23.7 Å². The number of hydrogen-bond acceptors (Lipinski definition) is 7. The highest BCUT2D eigenvalue weighted by Crippen LogP contribution is 2.37. The minimum Gasteiger partial charge on any atom is -0.507 e. The zero-order valence-corrected chi connectivity index (χ0v) is 22.9. The Morgan fingerprint density at radius 2 is 1.63 bits per heavy atom. The molecule has 0 bridgehead atoms. The minimum absolute atomic E-state index is 0.0496. The molecule has 0 aliphatic rings. The number of carbonyl (C=O) groups excluding carboxylic acids is 3. The fraction of sp³-hybridized carbons (Fsp3) is 0.161. The predicted molar refractivity (Wildman–Crippen MR) is 155 cm³/mol. The first-order valence-electron chi connectivity index (χ1n) is 12.4. The number of phenols is 1. The smallest absolute Gasteiger partial charge is 0.337 e. The molecule has 0 saturated heterocycles. The molecule has 3 rings (SSSR count). The van der Waals surface area contributed by atoms with E-state index < -0.39 is 29.2 Å². The number of nitrogens with one attached hydrogen (secondary N) is 3. The van der Waals surface area contributed by atoms with Gasteiger partial charge in [-0.15, -0.1) is 0 Å². The number of anilines is 2. The van der Waals surface area contributed by atoms with Crippen LogP contribution in [0.15, 0.2) is 54.1 Å². The van der Waals surface area contributed by atoms with Gasteiger partial charge in [-0.3, -0.25) is 19.8 Å². The molecule has 3 aromatic carbocycles. The number of Topliss-reactive ketones (excluding diaryl/α,β-unsaturated/α-hetero) is 1. The fourth-order valence-corrected chi connectivity index (χ4v) is 4.32. The van der Waals surface area contributed by atoms with E-state index in [1.54, 1.807) is 6.07 Å². The first kappa shape index (κ1) is 30.0. The first-order valence-corrected chi connectivity index (χ1v) is 12.4. The van der Waals surface area contributed by atoms with Crippen LogP contribution in [0.5, 0.6) is 5.75 Å². The molecule has 0 fully saturated rings. The second-order valence-corrected chi connectivity index (χ2v) is 9.55. The number of phenolic OH excluding ortho intramolecular Hbond substituents is 1. The summed E-state index contributed by atoms with van der Waals surface area (Å²) in [5.41, 5.74) is 2.69. The number of nitrogens with zero attached hydrogens (tertiary/aromatic N) is 1. The van der Waals surface area contributed by atoms with Crippen LogP contribution in [0.2, 0.25) is 0 Å². The molecule has 208 valence electrons. The summed E-state index contributed by atoms with van der Waals surface area (Å²) in [4.78, 5) is 48.0. The van der Waals surface area contributed by atoms with Crippen molar-refractivity contribution in [2.75, 3.05) is 10.6 Å². The average molecular weight is 553 g/mol. The number of nitriles is 1. The van der Waals surface area contributed by atoms with E-state index in [2.05, 4.69) is 10.6 Å². The van der Waals surface area contributed by atoms with E-state index in [1.165, 1.54) is 38.1 Å². The number of carbonyl (C=O) groups is 4. The third-order valence-corrected chi connectivity index (χ3v) is 6.05. The van der Waals surface area contributed by atoms with Crippen molar-refractivity contribution in [1.29, 1.82) is 10.7 Å². The molecule has 0 atom stereocenters. The Bertz CT molecular complexity index is 1680. The number of allylic oxidation sites excluding steroid dienone is 1. The minimum atomic E-state index is -1.38. The van der Waals surface area contributed by atoms with E-state index in [4.69, 9.17) is 10.7 Å². The van der Waals surface area contributed by atoms with Gasteiger partial charge in [0.15, 0.2) is 0 Å². The standard InChI is InChI=1S/C31H28N4O6/c1-16(9-18(3)36)10-20-5-7-22(17(2)11-20)23-13-25(28(38)14-27(23)34-19(4)37)29(33)30(39)35-26-8-6-21(15-32)12-24(26)31(40)41/h5-8,10-14,33,38H,9H2,1-4H3,(H,34,37)(H,35,39)(H,40,41)/b16-10+,33-29?. The van der Waals surface area contributed by atoms with Crippen LogP contribution in [0.3, 0.4) is 0 Å². The molecule has 0 heterocycles. The Morgan fingerprint density at radius 3 is 2.22 bits per heavy atom. The quantitative estimate of drug-likeness (QED) is 0.224. The van der Waals surface area contributed by atoms with Crippen LogP contribution in [0.4, 0.5) is 11.4 Å². The SMILES string of the molecule is CC(=O)C/C(C)=C/c1ccc(-c2cc(C(=N)C(=O)Nc3ccc(C#N)cc3C(=O)O)c(O)cc2NC(C)=O)c(C)c1. The summed E-state index contributed by atoms with van der Waals surface area (Å²) in [5, 5.41) is 42.8. The molecule has 0 aliphatic carbocycles. The Labute approximate surface area is 236 Å². The highest BCUT2D eigenvalue weighted by molar-refractivity contribution is 6.48. The second-order valence-electron chi connectivity index (χ2n) is 9.55. The number of rotatable bonds is 9. The molecule has 2 amide bonds. The van der Waals surface area contributed by atoms with Crippen molar-refractivity contribution in [1.82, 2.24) is 0 Å². The monoisotopic (exact) mass is 552 g/mol. The van der Waals surface area contributed by atoms with Crippen LogP contribution >= 0.6 is 0 Å². The number of aromatic carboxylic acids is 1. The molecule has 10 heteroatoms. The van der Waals surface area contributed by atoms with Crippen molar-refractivity contribution < 1.29 is 29.4 Å². The van der Waals surface area contributed by atoms with Crippen LogP contribution in [0.1, 0.15) is 59.8 Å². The van der Waals surface area contributed by atoms with Gasteiger partial charge in [0.2, 0.25) is 5.91 Å². The van der Waals surface area contributed by atoms with Crippen LogP contribution in [-0.4, -0.2) is 39.5 Å². The highest BCUT2D eigenvalue weighted by Gasteiger charge is 2.22. The predicted octanol–water partition coefficient (Wildman–Crippen LogP) is 5.28. The van der Waals surface area contributed by atoms with Crippen LogP contribution in [0.25, 0.3) is 17.2 Å². The van der Waals surface area contributed by atoms with Crippen molar-refractivity contribution in [2.45, 2.75) is 34.1 Å². The number of aryl methyl sites for hydroxylation is 1. The topological polar surface area (TPSA) is 180 Å². The number of benzene rings is 3. The van der Waals surface area contributed by atoms with E-state index in [0.29, 0.717) is 17.5 Å². The molecule has 0 aromatic heterocycles. The molecule has 0 saturated carbocycles. The van der Waals surface area contributed by atoms with E-state index in [1.807, 2.05) is 38.1 Å². The summed E-state index contributed by atoms with van der Waals surface area (Å²) in [7, 11) is 0. The third kappa shape index (κ3) is 7.30. The maximum absolute atomic E-state index is 13.0. The normalized spacial score (nSPS) is 10.9. The fourth-order valence-electron chi connectivity index (χ4n) is 4.32. The van der Waals surface area contributed by atoms with Crippen molar-refractivity contribution in [3.05, 3.63) is 81.9 Å². The summed E-state index contributed by atoms with van der Waals surface area (Å²) in [5.74, 6) is -3.17. The van der Waals surface area contributed by atoms with Gasteiger partial charge in [-0.25, -0.2) is 4.79 Å². The summed E-state index contributed by atoms with van der Waals surface area (Å²) < 4.78 is 0. The van der Waals surface area contributed by atoms with Gasteiger partial charge in [0, 0.05) is 30.5 Å². The van der Waals surface area contributed by atoms with Crippen molar-refractivity contribution in [3.63, 3.8) is 0 Å². The summed E-state index contributed by atoms with van der Waals surface area (Å²) >= 11 is 0. The largest absolute Gasteiger partial charge is 0.507 e. The van der Waals surface area contributed by atoms with Gasteiger partial charge in [-0.2, -0.15) is 5.26 Å². The third-order valence-electron chi connectivity index (χ3n) is 6.05. The Morgan fingerprint density at radius 1 is 0.927 bits per heavy atom. The number of hydrogen-bond donors (Lipinski definition) is 5. The second kappa shape index (κ2) is 12.5. The first-order chi connectivity index (χ1) is 19.3. The summed E-state index contributed by atoms with van der Waals surface area (Å²) in [6.45, 7) is 6.53. The molecule has 10 nitrogen and oxygen atoms in total. The van der Waals surface area contributed by atoms with Crippen LogP contribution < -0.4 is 10.6 Å². The number of amides is 2. The van der Waals surface area contributed by atoms with Gasteiger partial charge >= 0.3 is 5.97 Å². The van der Waals surface area contributed by atoms with Gasteiger partial charge in [-0.1, -0.05) is 29.8 Å². The van der Waals surface area contributed by atoms with Crippen molar-refractivity contribution in [2.24, 2.45) is 0 Å². The van der Waals surface area contributed by atoms with Crippen molar-refractivity contribution >= 4 is 46.7 Å². The number of carboxylic acid groups (broad SMARTS) is 1. The lowest BCUT2D eigenvalue weighted by Crippen LogP contribution is -2.24. The molecule has 5 N–H and O–H groups in total. The summed E-state index contributed by atoms with van der Waals surface area (Å²) in [6, 6.07) is 13.6. The van der Waals surface area contributed by atoms with Gasteiger partial charge < -0.3 is 20.8 Å². The molecule has 0 spiro atoms. The maximum Gasteiger partial charge on any atom is 0.337 e. The van der Waals surface area contributed by atoms with Gasteiger partial charge in [-0.05, 0) is 61.7 Å². The van der Waals surface area contributed by atoms with E-state index in [9.17, 15) is 29.4 Å². The van der Waals surface area contributed by atoms with E-state index >= 15 is 0 Å². The lowest BCUT2D eigenvalue weighted by Gasteiger charge is -2.17. The molecule has 0 aliphatic heterocycles. The van der Waals surface area contributed by atoms with E-state index in [-0.39, 0.29) is 33.8 Å². The number of carboxylic acids is 1. The zero-order valence-electron chi connectivity index (χ0n) is 22.9. The lowest BCUT2D eigenvalue weighted by molar-refractivity contribution is -0.116.